The second kappa shape index (κ2) is 8.19. The number of ether oxygens (including phenoxy) is 1. The van der Waals surface area contributed by atoms with Gasteiger partial charge in [-0.15, -0.1) is 0 Å². The van der Waals surface area contributed by atoms with E-state index in [0.717, 1.165) is 25.5 Å². The van der Waals surface area contributed by atoms with E-state index in [1.165, 1.54) is 11.3 Å². The third kappa shape index (κ3) is 3.83. The fraction of sp³-hybridized carbons (Fsp3) is 0.455. The zero-order valence-corrected chi connectivity index (χ0v) is 16.7. The Kier molecular flexibility index (Phi) is 5.48. The lowest BCUT2D eigenvalue weighted by atomic mass is 10.1. The summed E-state index contributed by atoms with van der Waals surface area (Å²) >= 11 is 0. The van der Waals surface area contributed by atoms with Crippen molar-refractivity contribution in [3.8, 4) is 0 Å². The van der Waals surface area contributed by atoms with E-state index in [-0.39, 0.29) is 5.91 Å². The molecular weight excluding hydrogens is 352 g/mol. The molecular formula is C22H28N4O2. The predicted octanol–water partition coefficient (Wildman–Crippen LogP) is 2.58. The first kappa shape index (κ1) is 18.7. The van der Waals surface area contributed by atoms with Crippen molar-refractivity contribution in [2.45, 2.75) is 19.9 Å². The number of carbonyl (C=O) groups is 1. The summed E-state index contributed by atoms with van der Waals surface area (Å²) < 4.78 is 5.35. The Bertz CT molecular complexity index is 835. The average Bonchev–Trinajstić information content (AvgIpc) is 2.74. The van der Waals surface area contributed by atoms with Crippen LogP contribution in [0.25, 0.3) is 0 Å². The monoisotopic (exact) mass is 380 g/mol. The van der Waals surface area contributed by atoms with Gasteiger partial charge in [-0.1, -0.05) is 18.2 Å². The number of rotatable bonds is 3. The molecule has 4 rings (SSSR count). The highest BCUT2D eigenvalue weighted by Gasteiger charge is 2.26. The van der Waals surface area contributed by atoms with Crippen LogP contribution in [0.3, 0.4) is 0 Å². The topological polar surface area (TPSA) is 48.9 Å². The van der Waals surface area contributed by atoms with Crippen LogP contribution >= 0.6 is 0 Å². The number of amides is 1. The second-order valence-electron chi connectivity index (χ2n) is 7.58. The number of benzene rings is 1. The molecule has 0 unspecified atom stereocenters. The van der Waals surface area contributed by atoms with Crippen molar-refractivity contribution in [1.29, 1.82) is 0 Å². The van der Waals surface area contributed by atoms with Gasteiger partial charge in [0.05, 0.1) is 13.2 Å². The number of anilines is 2. The average molecular weight is 380 g/mol. The van der Waals surface area contributed by atoms with Crippen LogP contribution in [0.5, 0.6) is 0 Å². The van der Waals surface area contributed by atoms with Crippen LogP contribution in [0.4, 0.5) is 11.5 Å². The minimum absolute atomic E-state index is 0.0677. The summed E-state index contributed by atoms with van der Waals surface area (Å²) in [4.78, 5) is 24.0. The molecule has 0 bridgehead atoms. The van der Waals surface area contributed by atoms with Crippen molar-refractivity contribution in [2.24, 2.45) is 0 Å². The quantitative estimate of drug-likeness (QED) is 0.819. The number of piperazine rings is 1. The van der Waals surface area contributed by atoms with E-state index in [1.54, 1.807) is 6.20 Å². The number of aryl methyl sites for hydroxylation is 1. The molecule has 0 saturated carbocycles. The Morgan fingerprint density at radius 1 is 1.11 bits per heavy atom. The molecule has 1 amide bonds. The van der Waals surface area contributed by atoms with E-state index in [2.05, 4.69) is 52.9 Å². The number of hydrogen-bond donors (Lipinski definition) is 0. The molecule has 2 aliphatic heterocycles. The van der Waals surface area contributed by atoms with Gasteiger partial charge in [-0.2, -0.15) is 0 Å². The lowest BCUT2D eigenvalue weighted by Gasteiger charge is -2.42. The van der Waals surface area contributed by atoms with Gasteiger partial charge in [0.15, 0.2) is 0 Å². The number of nitrogens with zero attached hydrogens (tertiary/aromatic N) is 4. The van der Waals surface area contributed by atoms with Gasteiger partial charge in [0, 0.05) is 56.2 Å². The molecule has 3 heterocycles. The summed E-state index contributed by atoms with van der Waals surface area (Å²) in [6, 6.07) is 12.6. The Morgan fingerprint density at radius 3 is 2.64 bits per heavy atom. The van der Waals surface area contributed by atoms with Crippen LogP contribution in [0.2, 0.25) is 0 Å². The summed E-state index contributed by atoms with van der Waals surface area (Å²) in [6.45, 7) is 9.69. The maximum absolute atomic E-state index is 12.8. The van der Waals surface area contributed by atoms with Crippen molar-refractivity contribution >= 4 is 17.4 Å². The minimum Gasteiger partial charge on any atom is -0.378 e. The zero-order chi connectivity index (χ0) is 19.5. The summed E-state index contributed by atoms with van der Waals surface area (Å²) in [7, 11) is 0. The first-order valence-corrected chi connectivity index (χ1v) is 10.0. The van der Waals surface area contributed by atoms with E-state index in [1.807, 2.05) is 17.0 Å². The van der Waals surface area contributed by atoms with Crippen LogP contribution in [0, 0.1) is 6.92 Å². The number of morpholine rings is 1. The molecule has 1 aromatic heterocycles. The molecule has 0 spiro atoms. The van der Waals surface area contributed by atoms with Gasteiger partial charge in [-0.05, 0) is 37.6 Å². The molecule has 2 aliphatic rings. The SMILES string of the molecule is Cc1ccccc1N1CCN(c2cc(C(=O)N3CCOCC3)ccn2)[C@@H](C)C1. The van der Waals surface area contributed by atoms with Gasteiger partial charge in [-0.25, -0.2) is 4.98 Å². The summed E-state index contributed by atoms with van der Waals surface area (Å²) in [5.41, 5.74) is 3.32. The van der Waals surface area contributed by atoms with Crippen LogP contribution in [0.1, 0.15) is 22.8 Å². The Labute approximate surface area is 166 Å². The van der Waals surface area contributed by atoms with E-state index in [4.69, 9.17) is 4.74 Å². The molecule has 0 radical (unpaired) electrons. The molecule has 2 fully saturated rings. The lowest BCUT2D eigenvalue weighted by Crippen LogP contribution is -2.52. The molecule has 1 aromatic carbocycles. The van der Waals surface area contributed by atoms with Gasteiger partial charge in [-0.3, -0.25) is 4.79 Å². The van der Waals surface area contributed by atoms with Crippen LogP contribution in [-0.2, 0) is 4.74 Å². The summed E-state index contributed by atoms with van der Waals surface area (Å²) in [5.74, 6) is 0.953. The molecule has 0 aliphatic carbocycles. The first-order valence-electron chi connectivity index (χ1n) is 10.0. The van der Waals surface area contributed by atoms with Gasteiger partial charge in [0.1, 0.15) is 5.82 Å². The van der Waals surface area contributed by atoms with Gasteiger partial charge in [0.25, 0.3) is 5.91 Å². The molecule has 28 heavy (non-hydrogen) atoms. The largest absolute Gasteiger partial charge is 0.378 e. The third-order valence-corrected chi connectivity index (χ3v) is 5.67. The number of para-hydroxylation sites is 1. The van der Waals surface area contributed by atoms with Crippen molar-refractivity contribution in [3.05, 3.63) is 53.7 Å². The molecule has 6 heteroatoms. The highest BCUT2D eigenvalue weighted by molar-refractivity contribution is 5.95. The summed E-state index contributed by atoms with van der Waals surface area (Å²) in [5, 5.41) is 0. The van der Waals surface area contributed by atoms with Crippen molar-refractivity contribution < 1.29 is 9.53 Å². The molecule has 2 saturated heterocycles. The Morgan fingerprint density at radius 2 is 1.89 bits per heavy atom. The van der Waals surface area contributed by atoms with Gasteiger partial charge in [0.2, 0.25) is 0 Å². The van der Waals surface area contributed by atoms with Crippen LogP contribution < -0.4 is 9.80 Å². The second-order valence-corrected chi connectivity index (χ2v) is 7.58. The lowest BCUT2D eigenvalue weighted by molar-refractivity contribution is 0.0303. The standard InChI is InChI=1S/C22H28N4O2/c1-17-5-3-4-6-20(17)25-9-10-26(18(2)16-25)21-15-19(7-8-23-21)22(27)24-11-13-28-14-12-24/h3-8,15,18H,9-14,16H2,1-2H3/t18-/m0/s1. The minimum atomic E-state index is 0.0677. The van der Waals surface area contributed by atoms with E-state index in [0.29, 0.717) is 37.9 Å². The number of hydrogen-bond acceptors (Lipinski definition) is 5. The van der Waals surface area contributed by atoms with Crippen LogP contribution in [-0.4, -0.2) is 67.8 Å². The maximum atomic E-state index is 12.8. The van der Waals surface area contributed by atoms with E-state index in [9.17, 15) is 4.79 Å². The first-order chi connectivity index (χ1) is 13.6. The highest BCUT2D eigenvalue weighted by Crippen LogP contribution is 2.25. The van der Waals surface area contributed by atoms with Crippen LogP contribution in [0.15, 0.2) is 42.6 Å². The highest BCUT2D eigenvalue weighted by atomic mass is 16.5. The Hall–Kier alpha value is -2.60. The molecule has 6 nitrogen and oxygen atoms in total. The number of carbonyl (C=O) groups excluding carboxylic acids is 1. The zero-order valence-electron chi connectivity index (χ0n) is 16.7. The third-order valence-electron chi connectivity index (χ3n) is 5.67. The van der Waals surface area contributed by atoms with E-state index >= 15 is 0 Å². The maximum Gasteiger partial charge on any atom is 0.254 e. The normalized spacial score (nSPS) is 20.4. The van der Waals surface area contributed by atoms with Crippen molar-refractivity contribution in [3.63, 3.8) is 0 Å². The fourth-order valence-corrected chi connectivity index (χ4v) is 4.09. The van der Waals surface area contributed by atoms with Gasteiger partial charge < -0.3 is 19.4 Å². The summed E-state index contributed by atoms with van der Waals surface area (Å²) in [6.07, 6.45) is 1.75. The number of aromatic nitrogens is 1. The Balaban J connectivity index is 1.48. The molecule has 148 valence electrons. The molecule has 1 atom stereocenters. The molecule has 2 aromatic rings. The number of pyridine rings is 1. The van der Waals surface area contributed by atoms with E-state index < -0.39 is 0 Å². The van der Waals surface area contributed by atoms with Crippen molar-refractivity contribution in [2.75, 3.05) is 55.7 Å². The fourth-order valence-electron chi connectivity index (χ4n) is 4.09. The predicted molar refractivity (Wildman–Crippen MR) is 111 cm³/mol. The molecule has 0 N–H and O–H groups in total. The van der Waals surface area contributed by atoms with Gasteiger partial charge >= 0.3 is 0 Å². The smallest absolute Gasteiger partial charge is 0.254 e. The van der Waals surface area contributed by atoms with Crippen molar-refractivity contribution in [1.82, 2.24) is 9.88 Å².